The predicted octanol–water partition coefficient (Wildman–Crippen LogP) is 2.89. The third-order valence-electron chi connectivity index (χ3n) is 4.87. The molecule has 1 saturated heterocycles. The number of nitrogens with one attached hydrogen (secondary N) is 1. The molecule has 132 valence electrons. The third-order valence-corrected chi connectivity index (χ3v) is 5.94. The molecule has 7 heteroatoms. The molecule has 0 spiro atoms. The van der Waals surface area contributed by atoms with Crippen LogP contribution >= 0.6 is 11.3 Å². The molecule has 1 aliphatic carbocycles. The van der Waals surface area contributed by atoms with Crippen molar-refractivity contribution in [2.75, 3.05) is 23.3 Å². The van der Waals surface area contributed by atoms with Crippen molar-refractivity contribution in [2.45, 2.75) is 46.0 Å². The SMILES string of the molecule is Cc1cc(C)nc(N2CCC[C@@H](C(=O)Nc3nc4c(s3)CCC4)C2)n1. The molecule has 0 bridgehead atoms. The average Bonchev–Trinajstić information content (AvgIpc) is 3.15. The standard InChI is InChI=1S/C18H23N5OS/c1-11-9-12(2)20-17(19-11)23-8-4-5-13(10-23)16(24)22-18-21-14-6-3-7-15(14)25-18/h9,13H,3-8,10H2,1-2H3,(H,21,22,24)/t13-/m1/s1. The normalized spacial score (nSPS) is 19.8. The molecule has 1 aliphatic heterocycles. The predicted molar refractivity (Wildman–Crippen MR) is 99.2 cm³/mol. The number of fused-ring (bicyclic) bond motifs is 1. The summed E-state index contributed by atoms with van der Waals surface area (Å²) in [7, 11) is 0. The van der Waals surface area contributed by atoms with Gasteiger partial charge in [0.05, 0.1) is 11.6 Å². The van der Waals surface area contributed by atoms with Crippen molar-refractivity contribution in [2.24, 2.45) is 5.92 Å². The maximum Gasteiger partial charge on any atom is 0.231 e. The highest BCUT2D eigenvalue weighted by Crippen LogP contribution is 2.31. The molecule has 4 rings (SSSR count). The van der Waals surface area contributed by atoms with Crippen LogP contribution in [0.3, 0.4) is 0 Å². The van der Waals surface area contributed by atoms with E-state index in [0.717, 1.165) is 54.7 Å². The van der Waals surface area contributed by atoms with Gasteiger partial charge in [-0.25, -0.2) is 15.0 Å². The van der Waals surface area contributed by atoms with Crippen LogP contribution < -0.4 is 10.2 Å². The summed E-state index contributed by atoms with van der Waals surface area (Å²) >= 11 is 1.63. The van der Waals surface area contributed by atoms with Crippen molar-refractivity contribution in [3.8, 4) is 0 Å². The van der Waals surface area contributed by atoms with E-state index in [-0.39, 0.29) is 11.8 Å². The molecule has 1 fully saturated rings. The van der Waals surface area contributed by atoms with Crippen molar-refractivity contribution in [1.29, 1.82) is 0 Å². The Labute approximate surface area is 151 Å². The lowest BCUT2D eigenvalue weighted by molar-refractivity contribution is -0.120. The fourth-order valence-corrected chi connectivity index (χ4v) is 4.73. The molecule has 25 heavy (non-hydrogen) atoms. The van der Waals surface area contributed by atoms with Gasteiger partial charge in [0.15, 0.2) is 5.13 Å². The number of thiazole rings is 1. The quantitative estimate of drug-likeness (QED) is 0.914. The van der Waals surface area contributed by atoms with Crippen LogP contribution in [0, 0.1) is 19.8 Å². The van der Waals surface area contributed by atoms with Crippen molar-refractivity contribution >= 4 is 28.3 Å². The van der Waals surface area contributed by atoms with Crippen LogP contribution in [0.4, 0.5) is 11.1 Å². The van der Waals surface area contributed by atoms with Gasteiger partial charge in [-0.2, -0.15) is 0 Å². The monoisotopic (exact) mass is 357 g/mol. The summed E-state index contributed by atoms with van der Waals surface area (Å²) in [5.41, 5.74) is 3.10. The van der Waals surface area contributed by atoms with Gasteiger partial charge >= 0.3 is 0 Å². The Hall–Kier alpha value is -2.02. The van der Waals surface area contributed by atoms with Crippen LogP contribution in [0.2, 0.25) is 0 Å². The van der Waals surface area contributed by atoms with E-state index >= 15 is 0 Å². The number of amides is 1. The topological polar surface area (TPSA) is 71.0 Å². The summed E-state index contributed by atoms with van der Waals surface area (Å²) in [6, 6.07) is 1.97. The fourth-order valence-electron chi connectivity index (χ4n) is 3.67. The molecule has 1 atom stereocenters. The van der Waals surface area contributed by atoms with Crippen LogP contribution in [0.25, 0.3) is 0 Å². The number of carbonyl (C=O) groups is 1. The zero-order chi connectivity index (χ0) is 17.4. The Bertz CT molecular complexity index is 761. The van der Waals surface area contributed by atoms with E-state index in [9.17, 15) is 4.79 Å². The van der Waals surface area contributed by atoms with Crippen LogP contribution in [-0.4, -0.2) is 33.9 Å². The zero-order valence-electron chi connectivity index (χ0n) is 14.7. The number of nitrogens with zero attached hydrogens (tertiary/aromatic N) is 4. The summed E-state index contributed by atoms with van der Waals surface area (Å²) in [6.07, 6.45) is 5.21. The second kappa shape index (κ2) is 6.71. The Morgan fingerprint density at radius 2 is 2.00 bits per heavy atom. The molecular formula is C18H23N5OS. The highest BCUT2D eigenvalue weighted by atomic mass is 32.1. The van der Waals surface area contributed by atoms with E-state index in [1.165, 1.54) is 17.0 Å². The van der Waals surface area contributed by atoms with E-state index in [2.05, 4.69) is 25.2 Å². The molecule has 0 aromatic carbocycles. The minimum Gasteiger partial charge on any atom is -0.340 e. The highest BCUT2D eigenvalue weighted by Gasteiger charge is 2.28. The van der Waals surface area contributed by atoms with Gasteiger partial charge in [-0.3, -0.25) is 4.79 Å². The first kappa shape index (κ1) is 16.4. The number of aryl methyl sites for hydroxylation is 4. The number of aromatic nitrogens is 3. The van der Waals surface area contributed by atoms with Gasteiger partial charge in [0.25, 0.3) is 0 Å². The Morgan fingerprint density at radius 3 is 2.76 bits per heavy atom. The molecule has 0 unspecified atom stereocenters. The average molecular weight is 357 g/mol. The number of piperidine rings is 1. The van der Waals surface area contributed by atoms with Crippen molar-refractivity contribution in [3.63, 3.8) is 0 Å². The van der Waals surface area contributed by atoms with E-state index < -0.39 is 0 Å². The molecule has 2 aromatic heterocycles. The molecule has 2 aliphatic rings. The van der Waals surface area contributed by atoms with Gasteiger partial charge in [-0.05, 0) is 52.0 Å². The number of rotatable bonds is 3. The van der Waals surface area contributed by atoms with E-state index in [1.807, 2.05) is 19.9 Å². The fraction of sp³-hybridized carbons (Fsp3) is 0.556. The maximum atomic E-state index is 12.7. The second-order valence-corrected chi connectivity index (χ2v) is 8.05. The van der Waals surface area contributed by atoms with Crippen LogP contribution in [-0.2, 0) is 17.6 Å². The number of hydrogen-bond donors (Lipinski definition) is 1. The Morgan fingerprint density at radius 1 is 1.20 bits per heavy atom. The lowest BCUT2D eigenvalue weighted by Crippen LogP contribution is -2.41. The van der Waals surface area contributed by atoms with Gasteiger partial charge in [0.2, 0.25) is 11.9 Å². The van der Waals surface area contributed by atoms with Crippen LogP contribution in [0.1, 0.15) is 41.2 Å². The van der Waals surface area contributed by atoms with Gasteiger partial charge in [0.1, 0.15) is 0 Å². The largest absolute Gasteiger partial charge is 0.340 e. The van der Waals surface area contributed by atoms with Crippen molar-refractivity contribution in [1.82, 2.24) is 15.0 Å². The molecule has 2 aromatic rings. The Balaban J connectivity index is 1.43. The maximum absolute atomic E-state index is 12.7. The summed E-state index contributed by atoms with van der Waals surface area (Å²) in [6.45, 7) is 5.53. The van der Waals surface area contributed by atoms with Crippen molar-refractivity contribution in [3.05, 3.63) is 28.0 Å². The minimum absolute atomic E-state index is 0.0445. The lowest BCUT2D eigenvalue weighted by Gasteiger charge is -2.32. The van der Waals surface area contributed by atoms with Gasteiger partial charge < -0.3 is 10.2 Å². The van der Waals surface area contributed by atoms with Gasteiger partial charge in [0, 0.05) is 29.4 Å². The first-order valence-corrected chi connectivity index (χ1v) is 9.77. The summed E-state index contributed by atoms with van der Waals surface area (Å²) < 4.78 is 0. The summed E-state index contributed by atoms with van der Waals surface area (Å²) in [5, 5.41) is 3.80. The second-order valence-electron chi connectivity index (χ2n) is 6.97. The first-order valence-electron chi connectivity index (χ1n) is 8.95. The highest BCUT2D eigenvalue weighted by molar-refractivity contribution is 7.15. The molecule has 1 N–H and O–H groups in total. The Kier molecular flexibility index (Phi) is 4.41. The van der Waals surface area contributed by atoms with E-state index in [0.29, 0.717) is 6.54 Å². The van der Waals surface area contributed by atoms with Crippen LogP contribution in [0.5, 0.6) is 0 Å². The number of carbonyl (C=O) groups excluding carboxylic acids is 1. The van der Waals surface area contributed by atoms with E-state index in [1.54, 1.807) is 11.3 Å². The van der Waals surface area contributed by atoms with Crippen LogP contribution in [0.15, 0.2) is 6.07 Å². The molecule has 1 amide bonds. The minimum atomic E-state index is -0.0445. The van der Waals surface area contributed by atoms with Gasteiger partial charge in [-0.15, -0.1) is 11.3 Å². The van der Waals surface area contributed by atoms with Crippen molar-refractivity contribution < 1.29 is 4.79 Å². The molecular weight excluding hydrogens is 334 g/mol. The zero-order valence-corrected chi connectivity index (χ0v) is 15.5. The first-order chi connectivity index (χ1) is 12.1. The molecule has 3 heterocycles. The third kappa shape index (κ3) is 3.51. The van der Waals surface area contributed by atoms with Gasteiger partial charge in [-0.1, -0.05) is 0 Å². The molecule has 0 saturated carbocycles. The number of hydrogen-bond acceptors (Lipinski definition) is 6. The lowest BCUT2D eigenvalue weighted by atomic mass is 9.97. The summed E-state index contributed by atoms with van der Waals surface area (Å²) in [4.78, 5) is 29.8. The molecule has 6 nitrogen and oxygen atoms in total. The summed E-state index contributed by atoms with van der Waals surface area (Å²) in [5.74, 6) is 0.765. The molecule has 0 radical (unpaired) electrons. The number of anilines is 2. The van der Waals surface area contributed by atoms with E-state index in [4.69, 9.17) is 0 Å². The smallest absolute Gasteiger partial charge is 0.231 e.